The lowest BCUT2D eigenvalue weighted by atomic mass is 10.0. The van der Waals surface area contributed by atoms with Crippen LogP contribution >= 0.6 is 0 Å². The Bertz CT molecular complexity index is 756. The van der Waals surface area contributed by atoms with E-state index >= 15 is 0 Å². The van der Waals surface area contributed by atoms with E-state index in [2.05, 4.69) is 39.9 Å². The van der Waals surface area contributed by atoms with Crippen LogP contribution in [0.1, 0.15) is 70.9 Å². The molecule has 3 N–H and O–H groups in total. The van der Waals surface area contributed by atoms with E-state index in [1.54, 1.807) is 18.5 Å². The van der Waals surface area contributed by atoms with Crippen molar-refractivity contribution >= 4 is 23.7 Å². The van der Waals surface area contributed by atoms with Crippen LogP contribution in [0, 0.1) is 5.92 Å². The minimum Gasteiger partial charge on any atom is -0.357 e. The second-order valence-electron chi connectivity index (χ2n) is 8.86. The zero-order chi connectivity index (χ0) is 22.8. The van der Waals surface area contributed by atoms with Gasteiger partial charge in [-0.15, -0.1) is 0 Å². The third-order valence-corrected chi connectivity index (χ3v) is 5.55. The molecule has 0 aromatic carbocycles. The maximum Gasteiger partial charge on any atom is 0.267 e. The van der Waals surface area contributed by atoms with E-state index in [1.807, 2.05) is 0 Å². The van der Waals surface area contributed by atoms with Crippen molar-refractivity contribution in [2.24, 2.45) is 5.92 Å². The van der Waals surface area contributed by atoms with E-state index in [9.17, 15) is 9.59 Å². The summed E-state index contributed by atoms with van der Waals surface area (Å²) in [5, 5.41) is 6.37. The number of carbonyl (C=O) groups excluding carboxylic acids is 2. The molecular formula is C23H35N5O4. The molecule has 1 aromatic rings. The molecule has 32 heavy (non-hydrogen) atoms. The molecule has 1 unspecified atom stereocenters. The Morgan fingerprint density at radius 2 is 1.94 bits per heavy atom. The van der Waals surface area contributed by atoms with E-state index in [1.165, 1.54) is 18.9 Å². The maximum absolute atomic E-state index is 12.8. The van der Waals surface area contributed by atoms with Crippen LogP contribution < -0.4 is 16.1 Å². The first kappa shape index (κ1) is 24.1. The van der Waals surface area contributed by atoms with Gasteiger partial charge in [-0.25, -0.2) is 15.3 Å². The monoisotopic (exact) mass is 445 g/mol. The molecule has 1 saturated heterocycles. The summed E-state index contributed by atoms with van der Waals surface area (Å²) in [6, 6.07) is -0.0893. The summed E-state index contributed by atoms with van der Waals surface area (Å²) in [6.45, 7) is 4.82. The van der Waals surface area contributed by atoms with Crippen molar-refractivity contribution in [1.82, 2.24) is 20.8 Å². The Hall–Kier alpha value is -2.52. The van der Waals surface area contributed by atoms with Crippen LogP contribution in [0.4, 0.5) is 5.82 Å². The maximum atomic E-state index is 12.8. The molecule has 2 amide bonds. The molecule has 0 bridgehead atoms. The Labute approximate surface area is 189 Å². The molecule has 2 heterocycles. The fourth-order valence-electron chi connectivity index (χ4n) is 3.87. The minimum absolute atomic E-state index is 0.00925. The zero-order valence-corrected chi connectivity index (χ0v) is 19.0. The van der Waals surface area contributed by atoms with Crippen molar-refractivity contribution in [3.05, 3.63) is 24.2 Å². The molecule has 0 radical (unpaired) electrons. The molecule has 2 aliphatic rings. The summed E-state index contributed by atoms with van der Waals surface area (Å²) in [4.78, 5) is 38.6. The number of carbonyl (C=O) groups is 2. The number of hydrogen-bond acceptors (Lipinski definition) is 7. The van der Waals surface area contributed by atoms with Crippen LogP contribution in [0.15, 0.2) is 18.5 Å². The molecule has 1 aliphatic heterocycles. The van der Waals surface area contributed by atoms with E-state index in [4.69, 9.17) is 9.57 Å². The largest absolute Gasteiger partial charge is 0.357 e. The number of ether oxygens (including phenoxy) is 1. The topological polar surface area (TPSA) is 114 Å². The number of hydroxylamine groups is 1. The number of hydrogen-bond donors (Lipinski definition) is 3. The van der Waals surface area contributed by atoms with E-state index < -0.39 is 12.2 Å². The smallest absolute Gasteiger partial charge is 0.267 e. The van der Waals surface area contributed by atoms with Crippen LogP contribution in [0.5, 0.6) is 0 Å². The van der Waals surface area contributed by atoms with Gasteiger partial charge in [0.2, 0.25) is 5.91 Å². The highest BCUT2D eigenvalue weighted by Crippen LogP contribution is 2.19. The molecule has 9 heteroatoms. The first-order valence-electron chi connectivity index (χ1n) is 11.6. The Kier molecular flexibility index (Phi) is 9.43. The molecule has 1 saturated carbocycles. The van der Waals surface area contributed by atoms with Gasteiger partial charge in [-0.2, -0.15) is 0 Å². The number of nitrogens with one attached hydrogen (secondary N) is 3. The van der Waals surface area contributed by atoms with Crippen LogP contribution in [0.3, 0.4) is 0 Å². The fraction of sp³-hybridized carbons (Fsp3) is 0.652. The van der Waals surface area contributed by atoms with Gasteiger partial charge in [0, 0.05) is 25.1 Å². The van der Waals surface area contributed by atoms with E-state index in [-0.39, 0.29) is 18.0 Å². The highest BCUT2D eigenvalue weighted by atomic mass is 16.8. The Balaban J connectivity index is 1.49. The summed E-state index contributed by atoms with van der Waals surface area (Å²) in [5.41, 5.74) is 2.89. The first-order chi connectivity index (χ1) is 15.5. The second kappa shape index (κ2) is 12.5. The molecule has 3 rings (SSSR count). The van der Waals surface area contributed by atoms with E-state index in [0.717, 1.165) is 32.1 Å². The van der Waals surface area contributed by atoms with Crippen molar-refractivity contribution in [3.8, 4) is 0 Å². The van der Waals surface area contributed by atoms with Crippen molar-refractivity contribution in [2.75, 3.05) is 11.9 Å². The van der Waals surface area contributed by atoms with E-state index in [0.29, 0.717) is 30.5 Å². The van der Waals surface area contributed by atoms with Crippen LogP contribution in [-0.2, 0) is 19.2 Å². The number of aromatic nitrogens is 2. The van der Waals surface area contributed by atoms with Crippen molar-refractivity contribution < 1.29 is 19.2 Å². The summed E-state index contributed by atoms with van der Waals surface area (Å²) in [5.74, 6) is 0.493. The van der Waals surface area contributed by atoms with Gasteiger partial charge < -0.3 is 15.4 Å². The van der Waals surface area contributed by atoms with Crippen LogP contribution in [-0.4, -0.2) is 46.8 Å². The predicted octanol–water partition coefficient (Wildman–Crippen LogP) is 2.95. The second-order valence-corrected chi connectivity index (χ2v) is 8.86. The van der Waals surface area contributed by atoms with Gasteiger partial charge in [-0.1, -0.05) is 26.7 Å². The number of amides is 2. The van der Waals surface area contributed by atoms with Gasteiger partial charge >= 0.3 is 0 Å². The molecule has 9 nitrogen and oxygen atoms in total. The lowest BCUT2D eigenvalue weighted by molar-refractivity contribution is -0.198. The predicted molar refractivity (Wildman–Crippen MR) is 121 cm³/mol. The van der Waals surface area contributed by atoms with Crippen LogP contribution in [0.2, 0.25) is 0 Å². The standard InChI is InChI=1S/C23H35N5O4/c1-16(2)13-19(23(30)26-17-7-3-4-8-17)27-20-15-24-18(14-25-20)10-11-21(29)28-32-22-9-5-6-12-31-22/h10-11,14-17,19,22H,3-9,12-13H2,1-2H3,(H,25,27)(H,26,30)(H,28,29)/b11-10+/t19-,22?/m1/s1. The van der Waals surface area contributed by atoms with Crippen LogP contribution in [0.25, 0.3) is 6.08 Å². The average Bonchev–Trinajstić information content (AvgIpc) is 3.30. The highest BCUT2D eigenvalue weighted by molar-refractivity contribution is 5.90. The highest BCUT2D eigenvalue weighted by Gasteiger charge is 2.24. The number of nitrogens with zero attached hydrogens (tertiary/aromatic N) is 2. The van der Waals surface area contributed by atoms with Gasteiger partial charge in [0.15, 0.2) is 6.29 Å². The molecular weight excluding hydrogens is 410 g/mol. The summed E-state index contributed by atoms with van der Waals surface area (Å²) in [6.07, 6.45) is 13.6. The fourth-order valence-corrected chi connectivity index (χ4v) is 3.87. The van der Waals surface area contributed by atoms with Crippen molar-refractivity contribution in [3.63, 3.8) is 0 Å². The SMILES string of the molecule is CC(C)C[C@@H](Nc1cnc(/C=C/C(=O)NOC2CCCCO2)cn1)C(=O)NC1CCCC1. The molecule has 176 valence electrons. The average molecular weight is 446 g/mol. The molecule has 0 spiro atoms. The third-order valence-electron chi connectivity index (χ3n) is 5.55. The summed E-state index contributed by atoms with van der Waals surface area (Å²) in [7, 11) is 0. The summed E-state index contributed by atoms with van der Waals surface area (Å²) >= 11 is 0. The van der Waals surface area contributed by atoms with Crippen molar-refractivity contribution in [2.45, 2.75) is 83.6 Å². The third kappa shape index (κ3) is 8.20. The number of anilines is 1. The van der Waals surface area contributed by atoms with Gasteiger partial charge in [0.1, 0.15) is 11.9 Å². The minimum atomic E-state index is -0.399. The zero-order valence-electron chi connectivity index (χ0n) is 19.0. The molecule has 2 fully saturated rings. The first-order valence-corrected chi connectivity index (χ1v) is 11.6. The lowest BCUT2D eigenvalue weighted by Gasteiger charge is -2.22. The van der Waals surface area contributed by atoms with Crippen molar-refractivity contribution in [1.29, 1.82) is 0 Å². The Morgan fingerprint density at radius 1 is 1.16 bits per heavy atom. The number of rotatable bonds is 10. The van der Waals surface area contributed by atoms with Gasteiger partial charge in [0.05, 0.1) is 18.1 Å². The lowest BCUT2D eigenvalue weighted by Crippen LogP contribution is -2.44. The normalized spacial score (nSPS) is 20.4. The quantitative estimate of drug-likeness (QED) is 0.375. The molecule has 1 aromatic heterocycles. The van der Waals surface area contributed by atoms with Gasteiger partial charge in [-0.3, -0.25) is 14.6 Å². The molecule has 2 atom stereocenters. The van der Waals surface area contributed by atoms with Gasteiger partial charge in [0.25, 0.3) is 5.91 Å². The Morgan fingerprint density at radius 3 is 2.59 bits per heavy atom. The van der Waals surface area contributed by atoms with Gasteiger partial charge in [-0.05, 0) is 44.1 Å². The molecule has 1 aliphatic carbocycles. The summed E-state index contributed by atoms with van der Waals surface area (Å²) < 4.78 is 5.39.